The van der Waals surface area contributed by atoms with Crippen LogP contribution in [0, 0.1) is 0 Å². The molecule has 2 rings (SSSR count). The molecule has 0 saturated heterocycles. The summed E-state index contributed by atoms with van der Waals surface area (Å²) in [4.78, 5) is 8.89. The summed E-state index contributed by atoms with van der Waals surface area (Å²) < 4.78 is 5.76. The van der Waals surface area contributed by atoms with Gasteiger partial charge in [-0.25, -0.2) is 4.98 Å². The molecule has 1 heterocycles. The van der Waals surface area contributed by atoms with E-state index in [4.69, 9.17) is 27.9 Å². The molecule has 6 heteroatoms. The minimum Gasteiger partial charge on any atom is -0.439 e. The second kappa shape index (κ2) is 6.08. The maximum atomic E-state index is 5.97. The van der Waals surface area contributed by atoms with Crippen molar-refractivity contribution in [1.29, 1.82) is 0 Å². The van der Waals surface area contributed by atoms with E-state index in [1.807, 2.05) is 20.8 Å². The van der Waals surface area contributed by atoms with Crippen molar-refractivity contribution in [2.24, 2.45) is 0 Å². The molecule has 0 saturated carbocycles. The molecule has 4 nitrogen and oxygen atoms in total. The Balaban J connectivity index is 2.39. The topological polar surface area (TPSA) is 47.0 Å². The molecule has 1 N–H and O–H groups in total. The minimum atomic E-state index is -0.184. The van der Waals surface area contributed by atoms with Crippen LogP contribution in [-0.4, -0.2) is 17.0 Å². The van der Waals surface area contributed by atoms with Crippen LogP contribution in [0.5, 0.6) is 11.6 Å². The van der Waals surface area contributed by atoms with E-state index < -0.39 is 0 Å². The SMILES string of the molecule is CNc1cc(Oc2cc(Cl)cc(Cl)c2)nc(C(C)(C)C)n1. The molecule has 0 spiro atoms. The zero-order chi connectivity index (χ0) is 15.6. The standard InChI is InChI=1S/C15H17Cl2N3O/c1-15(2,3)14-19-12(18-4)8-13(20-14)21-11-6-9(16)5-10(17)7-11/h5-8H,1-4H3,(H,18,19,20). The first-order valence-corrected chi connectivity index (χ1v) is 7.25. The first-order chi connectivity index (χ1) is 9.77. The Kier molecular flexibility index (Phi) is 4.59. The number of anilines is 1. The summed E-state index contributed by atoms with van der Waals surface area (Å²) in [5, 5.41) is 4.03. The van der Waals surface area contributed by atoms with E-state index in [0.717, 1.165) is 0 Å². The third kappa shape index (κ3) is 4.22. The number of aromatic nitrogens is 2. The Morgan fingerprint density at radius 1 is 1.00 bits per heavy atom. The van der Waals surface area contributed by atoms with Gasteiger partial charge in [-0.3, -0.25) is 0 Å². The zero-order valence-corrected chi connectivity index (χ0v) is 13.9. The van der Waals surface area contributed by atoms with Gasteiger partial charge in [0.05, 0.1) is 0 Å². The van der Waals surface area contributed by atoms with Crippen LogP contribution in [0.15, 0.2) is 24.3 Å². The second-order valence-electron chi connectivity index (χ2n) is 5.62. The average Bonchev–Trinajstić information content (AvgIpc) is 2.36. The normalized spacial score (nSPS) is 11.3. The van der Waals surface area contributed by atoms with Crippen LogP contribution >= 0.6 is 23.2 Å². The minimum absolute atomic E-state index is 0.184. The molecule has 0 amide bonds. The predicted molar refractivity (Wildman–Crippen MR) is 86.8 cm³/mol. The average molecular weight is 326 g/mol. The zero-order valence-electron chi connectivity index (χ0n) is 12.4. The van der Waals surface area contributed by atoms with Gasteiger partial charge in [0, 0.05) is 28.6 Å². The lowest BCUT2D eigenvalue weighted by Gasteiger charge is -2.18. The molecule has 0 aliphatic rings. The van der Waals surface area contributed by atoms with Crippen molar-refractivity contribution in [2.75, 3.05) is 12.4 Å². The first-order valence-electron chi connectivity index (χ1n) is 6.49. The van der Waals surface area contributed by atoms with Crippen molar-refractivity contribution >= 4 is 29.0 Å². The van der Waals surface area contributed by atoms with Crippen molar-refractivity contribution in [3.8, 4) is 11.6 Å². The fourth-order valence-electron chi connectivity index (χ4n) is 1.65. The number of rotatable bonds is 3. The lowest BCUT2D eigenvalue weighted by molar-refractivity contribution is 0.446. The highest BCUT2D eigenvalue weighted by Crippen LogP contribution is 2.29. The molecule has 0 radical (unpaired) electrons. The molecule has 0 bridgehead atoms. The first kappa shape index (κ1) is 15.9. The summed E-state index contributed by atoms with van der Waals surface area (Å²) in [5.41, 5.74) is -0.184. The van der Waals surface area contributed by atoms with E-state index in [1.165, 1.54) is 0 Å². The van der Waals surface area contributed by atoms with E-state index in [-0.39, 0.29) is 5.41 Å². The number of benzene rings is 1. The number of halogens is 2. The van der Waals surface area contributed by atoms with E-state index in [0.29, 0.717) is 33.3 Å². The van der Waals surface area contributed by atoms with Crippen LogP contribution in [0.3, 0.4) is 0 Å². The van der Waals surface area contributed by atoms with Crippen LogP contribution in [0.4, 0.5) is 5.82 Å². The van der Waals surface area contributed by atoms with Crippen molar-refractivity contribution in [2.45, 2.75) is 26.2 Å². The van der Waals surface area contributed by atoms with Crippen molar-refractivity contribution in [3.63, 3.8) is 0 Å². The van der Waals surface area contributed by atoms with Gasteiger partial charge in [0.25, 0.3) is 0 Å². The molecular formula is C15H17Cl2N3O. The van der Waals surface area contributed by atoms with Gasteiger partial charge in [-0.2, -0.15) is 4.98 Å². The highest BCUT2D eigenvalue weighted by molar-refractivity contribution is 6.34. The van der Waals surface area contributed by atoms with Crippen LogP contribution < -0.4 is 10.1 Å². The summed E-state index contributed by atoms with van der Waals surface area (Å²) in [7, 11) is 1.80. The predicted octanol–water partition coefficient (Wildman–Crippen LogP) is 4.91. The van der Waals surface area contributed by atoms with E-state index in [1.54, 1.807) is 31.3 Å². The molecular weight excluding hydrogens is 309 g/mol. The summed E-state index contributed by atoms with van der Waals surface area (Å²) in [6.45, 7) is 6.13. The van der Waals surface area contributed by atoms with Crippen molar-refractivity contribution in [3.05, 3.63) is 40.1 Å². The number of hydrogen-bond acceptors (Lipinski definition) is 4. The molecule has 21 heavy (non-hydrogen) atoms. The number of nitrogens with one attached hydrogen (secondary N) is 1. The number of nitrogens with zero attached hydrogens (tertiary/aromatic N) is 2. The Bertz CT molecular complexity index is 634. The summed E-state index contributed by atoms with van der Waals surface area (Å²) in [6.07, 6.45) is 0. The third-order valence-electron chi connectivity index (χ3n) is 2.69. The second-order valence-corrected chi connectivity index (χ2v) is 6.50. The van der Waals surface area contributed by atoms with Crippen LogP contribution in [-0.2, 0) is 5.41 Å². The Morgan fingerprint density at radius 3 is 2.14 bits per heavy atom. The van der Waals surface area contributed by atoms with E-state index in [2.05, 4.69) is 15.3 Å². The van der Waals surface area contributed by atoms with Crippen molar-refractivity contribution < 1.29 is 4.74 Å². The fraction of sp³-hybridized carbons (Fsp3) is 0.333. The lowest BCUT2D eigenvalue weighted by Crippen LogP contribution is -2.17. The van der Waals surface area contributed by atoms with Gasteiger partial charge in [0.1, 0.15) is 17.4 Å². The van der Waals surface area contributed by atoms with E-state index >= 15 is 0 Å². The van der Waals surface area contributed by atoms with Crippen LogP contribution in [0.2, 0.25) is 10.0 Å². The highest BCUT2D eigenvalue weighted by Gasteiger charge is 2.19. The lowest BCUT2D eigenvalue weighted by atomic mass is 9.96. The number of hydrogen-bond donors (Lipinski definition) is 1. The smallest absolute Gasteiger partial charge is 0.224 e. The summed E-state index contributed by atoms with van der Waals surface area (Å²) in [6, 6.07) is 6.75. The third-order valence-corrected chi connectivity index (χ3v) is 3.12. The number of ether oxygens (including phenoxy) is 1. The molecule has 0 fully saturated rings. The molecule has 1 aromatic carbocycles. The van der Waals surface area contributed by atoms with Crippen LogP contribution in [0.25, 0.3) is 0 Å². The van der Waals surface area contributed by atoms with Gasteiger partial charge < -0.3 is 10.1 Å². The Labute approximate surface area is 134 Å². The van der Waals surface area contributed by atoms with Gasteiger partial charge in [-0.1, -0.05) is 44.0 Å². The maximum absolute atomic E-state index is 5.97. The van der Waals surface area contributed by atoms with Gasteiger partial charge in [-0.15, -0.1) is 0 Å². The van der Waals surface area contributed by atoms with Gasteiger partial charge in [0.2, 0.25) is 5.88 Å². The molecule has 2 aromatic rings. The summed E-state index contributed by atoms with van der Waals surface area (Å²) >= 11 is 11.9. The quantitative estimate of drug-likeness (QED) is 0.870. The molecule has 0 atom stereocenters. The maximum Gasteiger partial charge on any atom is 0.224 e. The van der Waals surface area contributed by atoms with Gasteiger partial charge in [-0.05, 0) is 18.2 Å². The van der Waals surface area contributed by atoms with Gasteiger partial charge >= 0.3 is 0 Å². The largest absolute Gasteiger partial charge is 0.439 e. The molecule has 0 unspecified atom stereocenters. The Hall–Kier alpha value is -1.52. The van der Waals surface area contributed by atoms with E-state index in [9.17, 15) is 0 Å². The molecule has 112 valence electrons. The fourth-order valence-corrected chi connectivity index (χ4v) is 2.15. The van der Waals surface area contributed by atoms with Crippen LogP contribution in [0.1, 0.15) is 26.6 Å². The monoisotopic (exact) mass is 325 g/mol. The highest BCUT2D eigenvalue weighted by atomic mass is 35.5. The molecule has 1 aromatic heterocycles. The van der Waals surface area contributed by atoms with Gasteiger partial charge in [0.15, 0.2) is 0 Å². The Morgan fingerprint density at radius 2 is 1.62 bits per heavy atom. The summed E-state index contributed by atoms with van der Waals surface area (Å²) in [5.74, 6) is 2.36. The van der Waals surface area contributed by atoms with Crippen molar-refractivity contribution in [1.82, 2.24) is 9.97 Å². The molecule has 0 aliphatic heterocycles. The molecule has 0 aliphatic carbocycles.